The number of hydrogen-bond acceptors (Lipinski definition) is 2. The van der Waals surface area contributed by atoms with Crippen LogP contribution in [0.2, 0.25) is 0 Å². The molecule has 16 heavy (non-hydrogen) atoms. The summed E-state index contributed by atoms with van der Waals surface area (Å²) in [7, 11) is 0. The zero-order valence-electron chi connectivity index (χ0n) is 9.77. The van der Waals surface area contributed by atoms with Crippen LogP contribution < -0.4 is 11.1 Å². The fraction of sp³-hybridized carbons (Fsp3) is 0.900. The first-order chi connectivity index (χ1) is 7.11. The highest BCUT2D eigenvalue weighted by molar-refractivity contribution is 5.81. The largest absolute Gasteiger partial charge is 0.391 e. The average Bonchev–Trinajstić information content (AvgIpc) is 1.98. The number of nitrogens with one attached hydrogen (secondary N) is 1. The smallest absolute Gasteiger partial charge is 0.352 e. The minimum atomic E-state index is -4.27. The number of carbonyl (C=O) groups excluding carboxylic acids is 1. The highest BCUT2D eigenvalue weighted by atomic mass is 19.4. The van der Waals surface area contributed by atoms with Gasteiger partial charge in [-0.05, 0) is 19.3 Å². The number of amides is 1. The molecular weight excluding hydrogens is 221 g/mol. The van der Waals surface area contributed by atoms with Crippen LogP contribution in [0.15, 0.2) is 0 Å². The third kappa shape index (κ3) is 7.50. The fourth-order valence-electron chi connectivity index (χ4n) is 1.36. The van der Waals surface area contributed by atoms with Gasteiger partial charge in [0.05, 0.1) is 12.5 Å². The van der Waals surface area contributed by atoms with Crippen LogP contribution in [-0.4, -0.2) is 24.2 Å². The normalized spacial score (nSPS) is 16.0. The molecule has 0 aromatic carbocycles. The van der Waals surface area contributed by atoms with Crippen LogP contribution in [0.3, 0.4) is 0 Å². The summed E-state index contributed by atoms with van der Waals surface area (Å²) in [6.07, 6.45) is -4.84. The van der Waals surface area contributed by atoms with Crippen molar-refractivity contribution in [1.82, 2.24) is 5.32 Å². The SMILES string of the molecule is CC(C)CC(N)C(=O)NC(C)CC(F)(F)F. The molecule has 3 nitrogen and oxygen atoms in total. The first-order valence-electron chi connectivity index (χ1n) is 5.24. The van der Waals surface area contributed by atoms with Gasteiger partial charge < -0.3 is 11.1 Å². The van der Waals surface area contributed by atoms with E-state index in [-0.39, 0.29) is 5.92 Å². The molecule has 0 heterocycles. The van der Waals surface area contributed by atoms with Crippen molar-refractivity contribution in [2.45, 2.75) is 51.9 Å². The van der Waals surface area contributed by atoms with E-state index in [0.29, 0.717) is 6.42 Å². The zero-order chi connectivity index (χ0) is 12.9. The molecule has 0 aromatic heterocycles. The Hall–Kier alpha value is -0.780. The molecule has 0 spiro atoms. The molecule has 0 fully saturated rings. The Balaban J connectivity index is 4.04. The van der Waals surface area contributed by atoms with Crippen molar-refractivity contribution >= 4 is 5.91 Å². The van der Waals surface area contributed by atoms with Gasteiger partial charge in [0.1, 0.15) is 0 Å². The van der Waals surface area contributed by atoms with Gasteiger partial charge in [-0.25, -0.2) is 0 Å². The lowest BCUT2D eigenvalue weighted by atomic mass is 10.0. The summed E-state index contributed by atoms with van der Waals surface area (Å²) in [5.74, 6) is -0.288. The lowest BCUT2D eigenvalue weighted by Gasteiger charge is -2.19. The van der Waals surface area contributed by atoms with Crippen LogP contribution in [0.4, 0.5) is 13.2 Å². The third-order valence-electron chi connectivity index (χ3n) is 1.99. The third-order valence-corrected chi connectivity index (χ3v) is 1.99. The van der Waals surface area contributed by atoms with Gasteiger partial charge in [0, 0.05) is 6.04 Å². The Labute approximate surface area is 93.6 Å². The van der Waals surface area contributed by atoms with Gasteiger partial charge in [-0.3, -0.25) is 4.79 Å². The Morgan fingerprint density at radius 1 is 1.31 bits per heavy atom. The summed E-state index contributed by atoms with van der Waals surface area (Å²) in [5, 5.41) is 2.26. The van der Waals surface area contributed by atoms with Crippen LogP contribution in [0.1, 0.15) is 33.6 Å². The van der Waals surface area contributed by atoms with E-state index in [1.54, 1.807) is 0 Å². The summed E-state index contributed by atoms with van der Waals surface area (Å²) >= 11 is 0. The summed E-state index contributed by atoms with van der Waals surface area (Å²) in [6, 6.07) is -1.68. The van der Waals surface area contributed by atoms with Gasteiger partial charge in [0.25, 0.3) is 0 Å². The van der Waals surface area contributed by atoms with E-state index in [2.05, 4.69) is 5.32 Å². The Morgan fingerprint density at radius 3 is 2.19 bits per heavy atom. The second-order valence-corrected chi connectivity index (χ2v) is 4.46. The molecule has 1 amide bonds. The lowest BCUT2D eigenvalue weighted by Crippen LogP contribution is -2.46. The van der Waals surface area contributed by atoms with Crippen molar-refractivity contribution in [2.24, 2.45) is 11.7 Å². The number of alkyl halides is 3. The van der Waals surface area contributed by atoms with E-state index in [9.17, 15) is 18.0 Å². The van der Waals surface area contributed by atoms with Crippen LogP contribution in [0, 0.1) is 5.92 Å². The standard InChI is InChI=1S/C10H19F3N2O/c1-6(2)4-8(14)9(16)15-7(3)5-10(11,12)13/h6-8H,4-5,14H2,1-3H3,(H,15,16). The Morgan fingerprint density at radius 2 is 1.81 bits per heavy atom. The molecule has 0 saturated carbocycles. The average molecular weight is 240 g/mol. The van der Waals surface area contributed by atoms with Crippen molar-refractivity contribution < 1.29 is 18.0 Å². The van der Waals surface area contributed by atoms with Crippen LogP contribution in [-0.2, 0) is 4.79 Å². The molecule has 2 atom stereocenters. The maximum atomic E-state index is 12.0. The molecule has 0 aliphatic rings. The predicted molar refractivity (Wildman–Crippen MR) is 55.7 cm³/mol. The molecule has 6 heteroatoms. The van der Waals surface area contributed by atoms with E-state index < -0.39 is 30.6 Å². The second kappa shape index (κ2) is 6.08. The van der Waals surface area contributed by atoms with Gasteiger partial charge >= 0.3 is 6.18 Å². The van der Waals surface area contributed by atoms with Crippen molar-refractivity contribution in [3.8, 4) is 0 Å². The molecule has 0 aliphatic heterocycles. The zero-order valence-corrected chi connectivity index (χ0v) is 9.77. The van der Waals surface area contributed by atoms with Gasteiger partial charge in [0.2, 0.25) is 5.91 Å². The van der Waals surface area contributed by atoms with Crippen molar-refractivity contribution in [3.05, 3.63) is 0 Å². The Bertz CT molecular complexity index is 229. The molecule has 0 saturated heterocycles. The summed E-state index contributed by atoms with van der Waals surface area (Å²) in [4.78, 5) is 11.4. The van der Waals surface area contributed by atoms with Crippen molar-refractivity contribution in [3.63, 3.8) is 0 Å². The lowest BCUT2D eigenvalue weighted by molar-refractivity contribution is -0.141. The minimum absolute atomic E-state index is 0.235. The van der Waals surface area contributed by atoms with Gasteiger partial charge in [-0.1, -0.05) is 13.8 Å². The maximum Gasteiger partial charge on any atom is 0.391 e. The molecule has 3 N–H and O–H groups in total. The van der Waals surface area contributed by atoms with Crippen molar-refractivity contribution in [2.75, 3.05) is 0 Å². The summed E-state index contributed by atoms with van der Waals surface area (Å²) in [6.45, 7) is 5.10. The maximum absolute atomic E-state index is 12.0. The Kier molecular flexibility index (Phi) is 5.78. The first-order valence-corrected chi connectivity index (χ1v) is 5.24. The number of nitrogens with two attached hydrogens (primary N) is 1. The molecule has 2 unspecified atom stereocenters. The molecule has 0 rings (SSSR count). The van der Waals surface area contributed by atoms with Gasteiger partial charge in [0.15, 0.2) is 0 Å². The second-order valence-electron chi connectivity index (χ2n) is 4.46. The van der Waals surface area contributed by atoms with Crippen LogP contribution in [0.25, 0.3) is 0 Å². The number of carbonyl (C=O) groups is 1. The van der Waals surface area contributed by atoms with E-state index >= 15 is 0 Å². The van der Waals surface area contributed by atoms with Gasteiger partial charge in [-0.2, -0.15) is 13.2 Å². The van der Waals surface area contributed by atoms with Crippen LogP contribution in [0.5, 0.6) is 0 Å². The summed E-state index contributed by atoms with van der Waals surface area (Å²) < 4.78 is 36.0. The van der Waals surface area contributed by atoms with Crippen molar-refractivity contribution in [1.29, 1.82) is 0 Å². The number of rotatable bonds is 5. The molecule has 0 aromatic rings. The summed E-state index contributed by atoms with van der Waals surface area (Å²) in [5.41, 5.74) is 5.54. The monoisotopic (exact) mass is 240 g/mol. The molecule has 0 aliphatic carbocycles. The van der Waals surface area contributed by atoms with E-state index in [1.165, 1.54) is 6.92 Å². The molecule has 0 bridgehead atoms. The highest BCUT2D eigenvalue weighted by Gasteiger charge is 2.31. The minimum Gasteiger partial charge on any atom is -0.352 e. The first kappa shape index (κ1) is 15.2. The predicted octanol–water partition coefficient (Wildman–Crippen LogP) is 1.82. The molecule has 96 valence electrons. The van der Waals surface area contributed by atoms with E-state index in [0.717, 1.165) is 0 Å². The van der Waals surface area contributed by atoms with Gasteiger partial charge in [-0.15, -0.1) is 0 Å². The molecular formula is C10H19F3N2O. The van der Waals surface area contributed by atoms with E-state index in [4.69, 9.17) is 5.73 Å². The van der Waals surface area contributed by atoms with Crippen LogP contribution >= 0.6 is 0 Å². The number of hydrogen-bond donors (Lipinski definition) is 2. The quantitative estimate of drug-likeness (QED) is 0.770. The topological polar surface area (TPSA) is 55.1 Å². The fourth-order valence-corrected chi connectivity index (χ4v) is 1.36. The highest BCUT2D eigenvalue weighted by Crippen LogP contribution is 2.21. The number of halogens is 3. The molecule has 0 radical (unpaired) electrons. The van der Waals surface area contributed by atoms with E-state index in [1.807, 2.05) is 13.8 Å².